The van der Waals surface area contributed by atoms with Crippen LogP contribution in [0, 0.1) is 0 Å². The van der Waals surface area contributed by atoms with Gasteiger partial charge in [-0.1, -0.05) is 6.07 Å². The minimum Gasteiger partial charge on any atom is -0.371 e. The molecule has 0 N–H and O–H groups in total. The second kappa shape index (κ2) is 5.28. The Balaban J connectivity index is 1.82. The normalized spacial score (nSPS) is 21.1. The molecule has 0 aliphatic carbocycles. The van der Waals surface area contributed by atoms with Gasteiger partial charge in [0.05, 0.1) is 18.9 Å². The van der Waals surface area contributed by atoms with E-state index < -0.39 is 10.0 Å². The molecule has 20 heavy (non-hydrogen) atoms. The van der Waals surface area contributed by atoms with E-state index in [-0.39, 0.29) is 6.10 Å². The van der Waals surface area contributed by atoms with Crippen LogP contribution in [0.25, 0.3) is 0 Å². The van der Waals surface area contributed by atoms with Crippen LogP contribution in [0.1, 0.15) is 11.7 Å². The van der Waals surface area contributed by atoms with Crippen molar-refractivity contribution in [2.45, 2.75) is 10.3 Å². The summed E-state index contributed by atoms with van der Waals surface area (Å²) in [6, 6.07) is 3.38. The van der Waals surface area contributed by atoms with Gasteiger partial charge in [-0.2, -0.15) is 9.40 Å². The molecule has 0 amide bonds. The van der Waals surface area contributed by atoms with E-state index in [2.05, 4.69) is 5.10 Å². The molecule has 1 aliphatic heterocycles. The highest BCUT2D eigenvalue weighted by Gasteiger charge is 2.32. The molecule has 0 spiro atoms. The summed E-state index contributed by atoms with van der Waals surface area (Å²) in [6.07, 6.45) is 3.31. The van der Waals surface area contributed by atoms with Crippen LogP contribution in [0.5, 0.6) is 0 Å². The zero-order valence-corrected chi connectivity index (χ0v) is 12.6. The van der Waals surface area contributed by atoms with E-state index in [1.54, 1.807) is 28.4 Å². The van der Waals surface area contributed by atoms with E-state index in [1.807, 2.05) is 13.2 Å². The van der Waals surface area contributed by atoms with Gasteiger partial charge in [-0.25, -0.2) is 8.42 Å². The van der Waals surface area contributed by atoms with Crippen molar-refractivity contribution in [3.8, 4) is 0 Å². The number of aryl methyl sites for hydroxylation is 1. The van der Waals surface area contributed by atoms with E-state index in [4.69, 9.17) is 4.74 Å². The van der Waals surface area contributed by atoms with E-state index in [9.17, 15) is 8.42 Å². The average Bonchev–Trinajstić information content (AvgIpc) is 3.10. The SMILES string of the molecule is Cn1cc(C2CN(S(=O)(=O)c3cccs3)CCO2)cn1. The summed E-state index contributed by atoms with van der Waals surface area (Å²) in [5.41, 5.74) is 0.901. The van der Waals surface area contributed by atoms with Crippen molar-refractivity contribution < 1.29 is 13.2 Å². The number of nitrogens with zero attached hydrogens (tertiary/aromatic N) is 3. The third kappa shape index (κ3) is 2.51. The quantitative estimate of drug-likeness (QED) is 0.855. The fraction of sp³-hybridized carbons (Fsp3) is 0.417. The first-order valence-corrected chi connectivity index (χ1v) is 8.53. The highest BCUT2D eigenvalue weighted by molar-refractivity contribution is 7.91. The number of thiophene rings is 1. The van der Waals surface area contributed by atoms with Gasteiger partial charge in [-0.3, -0.25) is 4.68 Å². The van der Waals surface area contributed by atoms with Crippen molar-refractivity contribution in [2.24, 2.45) is 7.05 Å². The lowest BCUT2D eigenvalue weighted by atomic mass is 10.2. The molecule has 3 rings (SSSR count). The second-order valence-electron chi connectivity index (χ2n) is 4.60. The van der Waals surface area contributed by atoms with Gasteiger partial charge < -0.3 is 4.74 Å². The minimum atomic E-state index is -3.41. The molecule has 1 saturated heterocycles. The molecule has 0 radical (unpaired) electrons. The zero-order valence-electron chi connectivity index (χ0n) is 11.0. The van der Waals surface area contributed by atoms with Crippen LogP contribution in [-0.2, 0) is 21.8 Å². The molecule has 108 valence electrons. The van der Waals surface area contributed by atoms with Crippen molar-refractivity contribution >= 4 is 21.4 Å². The summed E-state index contributed by atoms with van der Waals surface area (Å²) in [4.78, 5) is 0. The first-order chi connectivity index (χ1) is 9.57. The predicted molar refractivity (Wildman–Crippen MR) is 75.0 cm³/mol. The van der Waals surface area contributed by atoms with Crippen LogP contribution in [-0.4, -0.2) is 42.2 Å². The summed E-state index contributed by atoms with van der Waals surface area (Å²) >= 11 is 1.24. The van der Waals surface area contributed by atoms with Gasteiger partial charge >= 0.3 is 0 Å². The molecule has 0 saturated carbocycles. The molecule has 3 heterocycles. The number of rotatable bonds is 3. The minimum absolute atomic E-state index is 0.257. The molecule has 1 fully saturated rings. The number of morpholine rings is 1. The molecule has 1 unspecified atom stereocenters. The van der Waals surface area contributed by atoms with Gasteiger partial charge in [0, 0.05) is 31.9 Å². The first kappa shape index (κ1) is 13.7. The lowest BCUT2D eigenvalue weighted by Crippen LogP contribution is -2.41. The molecule has 1 aliphatic rings. The molecule has 8 heteroatoms. The lowest BCUT2D eigenvalue weighted by molar-refractivity contribution is -0.00253. The molecule has 1 atom stereocenters. The highest BCUT2D eigenvalue weighted by atomic mass is 32.2. The van der Waals surface area contributed by atoms with Crippen LogP contribution >= 0.6 is 11.3 Å². The molecule has 0 bridgehead atoms. The second-order valence-corrected chi connectivity index (χ2v) is 7.71. The smallest absolute Gasteiger partial charge is 0.252 e. The van der Waals surface area contributed by atoms with Gasteiger partial charge in [0.25, 0.3) is 10.0 Å². The number of ether oxygens (including phenoxy) is 1. The van der Waals surface area contributed by atoms with Gasteiger partial charge in [0.1, 0.15) is 4.21 Å². The standard InChI is InChI=1S/C12H15N3O3S2/c1-14-8-10(7-13-14)11-9-15(4-5-18-11)20(16,17)12-3-2-6-19-12/h2-3,6-8,11H,4-5,9H2,1H3. The number of sulfonamides is 1. The molecular formula is C12H15N3O3S2. The van der Waals surface area contributed by atoms with Crippen molar-refractivity contribution in [1.82, 2.24) is 14.1 Å². The molecular weight excluding hydrogens is 298 g/mol. The fourth-order valence-corrected chi connectivity index (χ4v) is 4.76. The Morgan fingerprint density at radius 1 is 1.50 bits per heavy atom. The van der Waals surface area contributed by atoms with Gasteiger partial charge in [-0.15, -0.1) is 11.3 Å². The summed E-state index contributed by atoms with van der Waals surface area (Å²) < 4.78 is 34.2. The lowest BCUT2D eigenvalue weighted by Gasteiger charge is -2.31. The Kier molecular flexibility index (Phi) is 3.63. The van der Waals surface area contributed by atoms with Crippen LogP contribution in [0.2, 0.25) is 0 Å². The Morgan fingerprint density at radius 2 is 2.35 bits per heavy atom. The topological polar surface area (TPSA) is 64.4 Å². The predicted octanol–water partition coefficient (Wildman–Crippen LogP) is 1.24. The molecule has 2 aromatic heterocycles. The first-order valence-electron chi connectivity index (χ1n) is 6.21. The summed E-state index contributed by atoms with van der Waals surface area (Å²) in [5, 5.41) is 5.87. The third-order valence-electron chi connectivity index (χ3n) is 3.22. The monoisotopic (exact) mass is 313 g/mol. The van der Waals surface area contributed by atoms with E-state index >= 15 is 0 Å². The number of hydrogen-bond donors (Lipinski definition) is 0. The maximum absolute atomic E-state index is 12.5. The summed E-state index contributed by atoms with van der Waals surface area (Å²) in [6.45, 7) is 1.10. The van der Waals surface area contributed by atoms with Crippen molar-refractivity contribution in [3.05, 3.63) is 35.5 Å². The van der Waals surface area contributed by atoms with E-state index in [0.717, 1.165) is 5.56 Å². The zero-order chi connectivity index (χ0) is 14.2. The Hall–Kier alpha value is -1.22. The Labute approximate surface area is 121 Å². The Bertz CT molecular complexity index is 679. The molecule has 2 aromatic rings. The van der Waals surface area contributed by atoms with Crippen LogP contribution in [0.15, 0.2) is 34.1 Å². The molecule has 6 nitrogen and oxygen atoms in total. The van der Waals surface area contributed by atoms with Crippen molar-refractivity contribution in [1.29, 1.82) is 0 Å². The third-order valence-corrected chi connectivity index (χ3v) is 6.45. The largest absolute Gasteiger partial charge is 0.371 e. The molecule has 0 aromatic carbocycles. The summed E-state index contributed by atoms with van der Waals surface area (Å²) in [5.74, 6) is 0. The maximum atomic E-state index is 12.5. The number of hydrogen-bond acceptors (Lipinski definition) is 5. The van der Waals surface area contributed by atoms with Crippen molar-refractivity contribution in [2.75, 3.05) is 19.7 Å². The van der Waals surface area contributed by atoms with Crippen LogP contribution in [0.3, 0.4) is 0 Å². The van der Waals surface area contributed by atoms with Crippen LogP contribution in [0.4, 0.5) is 0 Å². The maximum Gasteiger partial charge on any atom is 0.252 e. The fourth-order valence-electron chi connectivity index (χ4n) is 2.19. The van der Waals surface area contributed by atoms with Gasteiger partial charge in [-0.05, 0) is 11.4 Å². The van der Waals surface area contributed by atoms with Crippen LogP contribution < -0.4 is 0 Å². The van der Waals surface area contributed by atoms with Gasteiger partial charge in [0.2, 0.25) is 0 Å². The van der Waals surface area contributed by atoms with E-state index in [0.29, 0.717) is 23.9 Å². The Morgan fingerprint density at radius 3 is 3.00 bits per heavy atom. The van der Waals surface area contributed by atoms with Gasteiger partial charge in [0.15, 0.2) is 0 Å². The highest BCUT2D eigenvalue weighted by Crippen LogP contribution is 2.27. The van der Waals surface area contributed by atoms with Crippen molar-refractivity contribution in [3.63, 3.8) is 0 Å². The number of aromatic nitrogens is 2. The summed E-state index contributed by atoms with van der Waals surface area (Å²) in [7, 11) is -1.58. The van der Waals surface area contributed by atoms with E-state index in [1.165, 1.54) is 15.6 Å². The average molecular weight is 313 g/mol.